The van der Waals surface area contributed by atoms with Gasteiger partial charge in [-0.15, -0.1) is 0 Å². The molecule has 2 heterocycles. The van der Waals surface area contributed by atoms with Crippen molar-refractivity contribution in [1.82, 2.24) is 5.32 Å². The highest BCUT2D eigenvalue weighted by Crippen LogP contribution is 2.46. The van der Waals surface area contributed by atoms with Crippen LogP contribution in [0.2, 0.25) is 0 Å². The highest BCUT2D eigenvalue weighted by Gasteiger charge is 2.40. The Morgan fingerprint density at radius 2 is 2.39 bits per heavy atom. The SMILES string of the molecule is NC(=O)CN1c2c(Br)cccc2[C@@H]2CNCC[C@@H]21. The topological polar surface area (TPSA) is 58.4 Å². The van der Waals surface area contributed by atoms with E-state index in [4.69, 9.17) is 5.73 Å². The maximum absolute atomic E-state index is 11.3. The Labute approximate surface area is 115 Å². The summed E-state index contributed by atoms with van der Waals surface area (Å²) in [5.41, 5.74) is 7.86. The first kappa shape index (κ1) is 12.0. The van der Waals surface area contributed by atoms with E-state index in [0.29, 0.717) is 18.5 Å². The van der Waals surface area contributed by atoms with Gasteiger partial charge in [0.05, 0.1) is 12.2 Å². The van der Waals surface area contributed by atoms with Crippen molar-refractivity contribution in [3.05, 3.63) is 28.2 Å². The van der Waals surface area contributed by atoms with Crippen LogP contribution >= 0.6 is 15.9 Å². The highest BCUT2D eigenvalue weighted by atomic mass is 79.9. The Morgan fingerprint density at radius 3 is 3.17 bits per heavy atom. The Bertz CT molecular complexity index is 491. The van der Waals surface area contributed by atoms with Crippen LogP contribution in [-0.2, 0) is 4.79 Å². The molecule has 1 aromatic carbocycles. The van der Waals surface area contributed by atoms with Crippen LogP contribution in [0.4, 0.5) is 5.69 Å². The van der Waals surface area contributed by atoms with E-state index in [2.05, 4.69) is 38.3 Å². The number of amides is 1. The molecule has 0 radical (unpaired) electrons. The van der Waals surface area contributed by atoms with Crippen molar-refractivity contribution in [2.75, 3.05) is 24.5 Å². The van der Waals surface area contributed by atoms with Gasteiger partial charge in [0.2, 0.25) is 5.91 Å². The van der Waals surface area contributed by atoms with Crippen LogP contribution in [0.1, 0.15) is 17.9 Å². The van der Waals surface area contributed by atoms with E-state index in [-0.39, 0.29) is 5.91 Å². The number of fused-ring (bicyclic) bond motifs is 3. The number of primary amides is 1. The summed E-state index contributed by atoms with van der Waals surface area (Å²) < 4.78 is 1.05. The first-order chi connectivity index (χ1) is 8.68. The lowest BCUT2D eigenvalue weighted by Gasteiger charge is -2.33. The average molecular weight is 310 g/mol. The lowest BCUT2D eigenvalue weighted by molar-refractivity contribution is -0.116. The first-order valence-electron chi connectivity index (χ1n) is 6.22. The summed E-state index contributed by atoms with van der Waals surface area (Å²) >= 11 is 3.60. The van der Waals surface area contributed by atoms with E-state index in [1.807, 2.05) is 6.07 Å². The number of piperidine rings is 1. The molecule has 1 amide bonds. The fourth-order valence-electron chi connectivity index (χ4n) is 3.20. The maximum Gasteiger partial charge on any atom is 0.236 e. The molecule has 1 fully saturated rings. The van der Waals surface area contributed by atoms with E-state index >= 15 is 0 Å². The molecular formula is C13H16BrN3O. The molecular weight excluding hydrogens is 294 g/mol. The number of nitrogens with one attached hydrogen (secondary N) is 1. The molecule has 3 rings (SSSR count). The molecule has 96 valence electrons. The molecule has 2 aliphatic rings. The van der Waals surface area contributed by atoms with Crippen LogP contribution in [0, 0.1) is 0 Å². The molecule has 0 unspecified atom stereocenters. The van der Waals surface area contributed by atoms with Crippen LogP contribution in [0.25, 0.3) is 0 Å². The van der Waals surface area contributed by atoms with E-state index in [9.17, 15) is 4.79 Å². The number of rotatable bonds is 2. The van der Waals surface area contributed by atoms with Gasteiger partial charge in [-0.05, 0) is 40.5 Å². The lowest BCUT2D eigenvalue weighted by Crippen LogP contribution is -2.46. The van der Waals surface area contributed by atoms with Gasteiger partial charge in [-0.2, -0.15) is 0 Å². The number of hydrogen-bond donors (Lipinski definition) is 2. The van der Waals surface area contributed by atoms with Gasteiger partial charge in [0.15, 0.2) is 0 Å². The summed E-state index contributed by atoms with van der Waals surface area (Å²) in [7, 11) is 0. The third kappa shape index (κ3) is 1.82. The van der Waals surface area contributed by atoms with Crippen molar-refractivity contribution in [1.29, 1.82) is 0 Å². The predicted octanol–water partition coefficient (Wildman–Crippen LogP) is 1.20. The van der Waals surface area contributed by atoms with Crippen molar-refractivity contribution in [2.24, 2.45) is 5.73 Å². The molecule has 4 nitrogen and oxygen atoms in total. The largest absolute Gasteiger partial charge is 0.368 e. The molecule has 18 heavy (non-hydrogen) atoms. The molecule has 0 aromatic heterocycles. The van der Waals surface area contributed by atoms with Crippen LogP contribution in [0.15, 0.2) is 22.7 Å². The van der Waals surface area contributed by atoms with Gasteiger partial charge in [0.1, 0.15) is 0 Å². The average Bonchev–Trinajstić information content (AvgIpc) is 2.66. The zero-order chi connectivity index (χ0) is 12.7. The third-order valence-corrected chi connectivity index (χ3v) is 4.52. The van der Waals surface area contributed by atoms with Crippen LogP contribution in [-0.4, -0.2) is 31.6 Å². The molecule has 0 bridgehead atoms. The summed E-state index contributed by atoms with van der Waals surface area (Å²) in [4.78, 5) is 13.5. The number of carbonyl (C=O) groups is 1. The Morgan fingerprint density at radius 1 is 1.56 bits per heavy atom. The molecule has 0 spiro atoms. The first-order valence-corrected chi connectivity index (χ1v) is 7.02. The van der Waals surface area contributed by atoms with Gasteiger partial charge in [0.25, 0.3) is 0 Å². The Balaban J connectivity index is 2.06. The van der Waals surface area contributed by atoms with Crippen molar-refractivity contribution in [3.8, 4) is 0 Å². The van der Waals surface area contributed by atoms with Gasteiger partial charge < -0.3 is 16.0 Å². The molecule has 0 saturated carbocycles. The standard InChI is InChI=1S/C13H16BrN3O/c14-10-3-1-2-8-9-6-16-5-4-11(9)17(13(8)10)7-12(15)18/h1-3,9,11,16H,4-7H2,(H2,15,18)/t9-,11-/m0/s1. The van der Waals surface area contributed by atoms with Crippen LogP contribution in [0.3, 0.4) is 0 Å². The normalized spacial score (nSPS) is 25.7. The van der Waals surface area contributed by atoms with E-state index in [0.717, 1.165) is 29.7 Å². The summed E-state index contributed by atoms with van der Waals surface area (Å²) in [6, 6.07) is 6.64. The molecule has 0 aliphatic carbocycles. The van der Waals surface area contributed by atoms with Crippen molar-refractivity contribution < 1.29 is 4.79 Å². The highest BCUT2D eigenvalue weighted by molar-refractivity contribution is 9.10. The summed E-state index contributed by atoms with van der Waals surface area (Å²) in [6.07, 6.45) is 1.05. The number of para-hydroxylation sites is 1. The van der Waals surface area contributed by atoms with E-state index in [1.165, 1.54) is 5.56 Å². The molecule has 1 saturated heterocycles. The fourth-order valence-corrected chi connectivity index (χ4v) is 3.81. The number of halogens is 1. The number of anilines is 1. The quantitative estimate of drug-likeness (QED) is 0.863. The monoisotopic (exact) mass is 309 g/mol. The summed E-state index contributed by atoms with van der Waals surface area (Å²) in [5.74, 6) is 0.196. The number of benzene rings is 1. The molecule has 5 heteroatoms. The van der Waals surface area contributed by atoms with Gasteiger partial charge in [-0.3, -0.25) is 4.79 Å². The minimum absolute atomic E-state index is 0.268. The second-order valence-electron chi connectivity index (χ2n) is 4.94. The second-order valence-corrected chi connectivity index (χ2v) is 5.79. The van der Waals surface area contributed by atoms with Crippen LogP contribution in [0.5, 0.6) is 0 Å². The van der Waals surface area contributed by atoms with Gasteiger partial charge >= 0.3 is 0 Å². The maximum atomic E-state index is 11.3. The summed E-state index contributed by atoms with van der Waals surface area (Å²) in [6.45, 7) is 2.28. The smallest absolute Gasteiger partial charge is 0.236 e. The zero-order valence-corrected chi connectivity index (χ0v) is 11.6. The lowest BCUT2D eigenvalue weighted by atomic mass is 9.90. The molecule has 3 N–H and O–H groups in total. The molecule has 2 atom stereocenters. The van der Waals surface area contributed by atoms with Crippen LogP contribution < -0.4 is 16.0 Å². The minimum atomic E-state index is -0.268. The van der Waals surface area contributed by atoms with Gasteiger partial charge in [0, 0.05) is 23.0 Å². The van der Waals surface area contributed by atoms with Crippen molar-refractivity contribution >= 4 is 27.5 Å². The molecule has 1 aromatic rings. The van der Waals surface area contributed by atoms with E-state index < -0.39 is 0 Å². The van der Waals surface area contributed by atoms with Crippen molar-refractivity contribution in [2.45, 2.75) is 18.4 Å². The number of nitrogens with zero attached hydrogens (tertiary/aromatic N) is 1. The van der Waals surface area contributed by atoms with Crippen molar-refractivity contribution in [3.63, 3.8) is 0 Å². The molecule has 2 aliphatic heterocycles. The summed E-state index contributed by atoms with van der Waals surface area (Å²) in [5, 5.41) is 3.43. The Hall–Kier alpha value is -1.07. The number of hydrogen-bond acceptors (Lipinski definition) is 3. The van der Waals surface area contributed by atoms with Gasteiger partial charge in [-0.1, -0.05) is 12.1 Å². The van der Waals surface area contributed by atoms with E-state index in [1.54, 1.807) is 0 Å². The second kappa shape index (κ2) is 4.55. The zero-order valence-electron chi connectivity index (χ0n) is 10.0. The predicted molar refractivity (Wildman–Crippen MR) is 74.7 cm³/mol. The minimum Gasteiger partial charge on any atom is -0.368 e. The number of nitrogens with two attached hydrogens (primary N) is 1. The third-order valence-electron chi connectivity index (χ3n) is 3.88. The Kier molecular flexibility index (Phi) is 3.03. The fraction of sp³-hybridized carbons (Fsp3) is 0.462. The number of carbonyl (C=O) groups excluding carboxylic acids is 1. The van der Waals surface area contributed by atoms with Gasteiger partial charge in [-0.25, -0.2) is 0 Å².